The lowest BCUT2D eigenvalue weighted by atomic mass is 9.99. The van der Waals surface area contributed by atoms with Crippen LogP contribution in [-0.2, 0) is 10.0 Å². The van der Waals surface area contributed by atoms with Crippen molar-refractivity contribution in [3.63, 3.8) is 0 Å². The van der Waals surface area contributed by atoms with Gasteiger partial charge in [-0.05, 0) is 60.0 Å². The molecule has 208 valence electrons. The summed E-state index contributed by atoms with van der Waals surface area (Å²) in [5, 5.41) is 8.28. The number of methoxy groups -OCH3 is 1. The van der Waals surface area contributed by atoms with E-state index in [4.69, 9.17) is 4.74 Å². The Kier molecular flexibility index (Phi) is 9.28. The summed E-state index contributed by atoms with van der Waals surface area (Å²) in [5.74, 6) is 0.197. The lowest BCUT2D eigenvalue weighted by Crippen LogP contribution is -2.33. The number of hydrogen-bond donors (Lipinski definition) is 2. The number of nitrogens with one attached hydrogen (secondary N) is 2. The molecule has 0 fully saturated rings. The molecule has 1 aliphatic rings. The van der Waals surface area contributed by atoms with Crippen LogP contribution in [0.5, 0.6) is 5.75 Å². The van der Waals surface area contributed by atoms with Crippen LogP contribution in [0.3, 0.4) is 0 Å². The van der Waals surface area contributed by atoms with E-state index in [9.17, 15) is 22.5 Å². The van der Waals surface area contributed by atoms with Gasteiger partial charge < -0.3 is 15.4 Å². The van der Waals surface area contributed by atoms with Gasteiger partial charge in [-0.2, -0.15) is 4.91 Å². The average Bonchev–Trinajstić information content (AvgIpc) is 2.96. The summed E-state index contributed by atoms with van der Waals surface area (Å²) in [4.78, 5) is 23.2. The lowest BCUT2D eigenvalue weighted by molar-refractivity contribution is 0.262. The number of urea groups is 1. The third-order valence-electron chi connectivity index (χ3n) is 6.15. The molecule has 11 heteroatoms. The Morgan fingerprint density at radius 1 is 1.05 bits per heavy atom. The van der Waals surface area contributed by atoms with Crippen molar-refractivity contribution in [2.45, 2.75) is 23.9 Å². The van der Waals surface area contributed by atoms with Crippen LogP contribution >= 0.6 is 0 Å². The number of anilines is 3. The maximum Gasteiger partial charge on any atom is 0.323 e. The van der Waals surface area contributed by atoms with Crippen LogP contribution in [0.2, 0.25) is 0 Å². The van der Waals surface area contributed by atoms with Crippen molar-refractivity contribution >= 4 is 38.7 Å². The number of halogens is 1. The van der Waals surface area contributed by atoms with Gasteiger partial charge in [0, 0.05) is 30.4 Å². The maximum atomic E-state index is 13.9. The minimum atomic E-state index is -4.13. The summed E-state index contributed by atoms with van der Waals surface area (Å²) >= 11 is 0. The Bertz CT molecular complexity index is 1530. The number of benzene rings is 3. The molecule has 0 saturated heterocycles. The number of amides is 2. The summed E-state index contributed by atoms with van der Waals surface area (Å²) in [6.45, 7) is -0.113. The Morgan fingerprint density at radius 2 is 1.82 bits per heavy atom. The highest BCUT2D eigenvalue weighted by Crippen LogP contribution is 2.36. The number of alkyl halides is 1. The molecule has 2 N–H and O–H groups in total. The summed E-state index contributed by atoms with van der Waals surface area (Å²) < 4.78 is 48.1. The highest BCUT2D eigenvalue weighted by Gasteiger charge is 2.28. The summed E-state index contributed by atoms with van der Waals surface area (Å²) in [6.07, 6.45) is 4.14. The number of para-hydroxylation sites is 1. The van der Waals surface area contributed by atoms with Gasteiger partial charge in [-0.15, -0.1) is 0 Å². The van der Waals surface area contributed by atoms with Gasteiger partial charge in [-0.3, -0.25) is 4.31 Å². The number of carbonyl (C=O) groups excluding carboxylic acids is 1. The van der Waals surface area contributed by atoms with E-state index >= 15 is 0 Å². The molecule has 9 nitrogen and oxygen atoms in total. The molecule has 0 spiro atoms. The standard InChI is InChI=1S/C29H29FN4O5S/c1-39-28-20-25(33-29(35)32-24-8-3-2-4-9-24)15-16-27(28)34(18-6-17-31-36)40(37,38)26-10-5-7-22(19-26)21-11-13-23(30)14-12-21/h2-5,7-13,15-16,19-20,23H,6,14,17-18H2,1H3,(H2,32,33,35). The first-order valence-electron chi connectivity index (χ1n) is 12.6. The van der Waals surface area contributed by atoms with E-state index in [1.165, 1.54) is 37.5 Å². The van der Waals surface area contributed by atoms with Gasteiger partial charge in [0.05, 0.1) is 24.2 Å². The monoisotopic (exact) mass is 564 g/mol. The Labute approximate surface area is 232 Å². The van der Waals surface area contributed by atoms with Gasteiger partial charge >= 0.3 is 6.03 Å². The summed E-state index contributed by atoms with van der Waals surface area (Å²) in [7, 11) is -2.74. The molecule has 3 aromatic rings. The zero-order valence-corrected chi connectivity index (χ0v) is 22.6. The Morgan fingerprint density at radius 3 is 2.52 bits per heavy atom. The fraction of sp³-hybridized carbons (Fsp3) is 0.207. The zero-order valence-electron chi connectivity index (χ0n) is 21.8. The molecule has 1 unspecified atom stereocenters. The van der Waals surface area contributed by atoms with Crippen molar-refractivity contribution in [2.75, 3.05) is 35.1 Å². The van der Waals surface area contributed by atoms with E-state index in [1.54, 1.807) is 54.6 Å². The largest absolute Gasteiger partial charge is 0.494 e. The topological polar surface area (TPSA) is 117 Å². The first kappa shape index (κ1) is 28.5. The number of nitroso groups, excluding NO2 is 1. The smallest absolute Gasteiger partial charge is 0.323 e. The van der Waals surface area contributed by atoms with Gasteiger partial charge in [0.25, 0.3) is 10.0 Å². The number of rotatable bonds is 11. The lowest BCUT2D eigenvalue weighted by Gasteiger charge is -2.26. The first-order chi connectivity index (χ1) is 19.3. The molecule has 40 heavy (non-hydrogen) atoms. The van der Waals surface area contributed by atoms with Crippen LogP contribution in [0.25, 0.3) is 5.57 Å². The van der Waals surface area contributed by atoms with Crippen molar-refractivity contribution in [3.8, 4) is 5.75 Å². The molecular weight excluding hydrogens is 535 g/mol. The number of carbonyl (C=O) groups is 1. The molecule has 1 atom stereocenters. The third kappa shape index (κ3) is 6.92. The predicted octanol–water partition coefficient (Wildman–Crippen LogP) is 6.37. The van der Waals surface area contributed by atoms with E-state index < -0.39 is 22.2 Å². The highest BCUT2D eigenvalue weighted by molar-refractivity contribution is 7.92. The SMILES string of the molecule is COc1cc(NC(=O)Nc2ccccc2)ccc1N(CCCN=O)S(=O)(=O)c1cccc(C2=CCC(F)C=C2)c1. The number of sulfonamides is 1. The number of nitrogens with zero attached hydrogens (tertiary/aromatic N) is 2. The van der Waals surface area contributed by atoms with Gasteiger partial charge in [-0.25, -0.2) is 17.6 Å². The van der Waals surface area contributed by atoms with Crippen molar-refractivity contribution in [1.29, 1.82) is 0 Å². The third-order valence-corrected chi connectivity index (χ3v) is 7.96. The predicted molar refractivity (Wildman–Crippen MR) is 155 cm³/mol. The van der Waals surface area contributed by atoms with Crippen LogP contribution in [0.15, 0.2) is 101 Å². The molecule has 2 amide bonds. The second-order valence-electron chi connectivity index (χ2n) is 8.91. The molecule has 0 saturated carbocycles. The van der Waals surface area contributed by atoms with Crippen molar-refractivity contribution in [2.24, 2.45) is 5.18 Å². The quantitative estimate of drug-likeness (QED) is 0.207. The number of allylic oxidation sites excluding steroid dienone is 4. The van der Waals surface area contributed by atoms with Crippen molar-refractivity contribution < 1.29 is 22.3 Å². The van der Waals surface area contributed by atoms with E-state index in [2.05, 4.69) is 15.8 Å². The summed E-state index contributed by atoms with van der Waals surface area (Å²) in [5.41, 5.74) is 2.57. The van der Waals surface area contributed by atoms with Crippen molar-refractivity contribution in [1.82, 2.24) is 0 Å². The molecule has 3 aromatic carbocycles. The molecule has 0 aromatic heterocycles. The molecule has 0 aliphatic heterocycles. The van der Waals surface area contributed by atoms with Crippen LogP contribution in [0, 0.1) is 4.91 Å². The minimum absolute atomic E-state index is 0.0206. The van der Waals surface area contributed by atoms with Gasteiger partial charge in [-0.1, -0.05) is 47.7 Å². The fourth-order valence-electron chi connectivity index (χ4n) is 4.20. The first-order valence-corrected chi connectivity index (χ1v) is 14.0. The normalized spacial score (nSPS) is 14.7. The Balaban J connectivity index is 1.64. The van der Waals surface area contributed by atoms with Crippen LogP contribution in [-0.4, -0.2) is 40.8 Å². The molecule has 1 aliphatic carbocycles. The number of hydrogen-bond acceptors (Lipinski definition) is 6. The average molecular weight is 565 g/mol. The highest BCUT2D eigenvalue weighted by atomic mass is 32.2. The van der Waals surface area contributed by atoms with Gasteiger partial charge in [0.1, 0.15) is 11.9 Å². The van der Waals surface area contributed by atoms with Crippen molar-refractivity contribution in [3.05, 3.63) is 101 Å². The summed E-state index contributed by atoms with van der Waals surface area (Å²) in [6, 6.07) is 19.4. The second-order valence-corrected chi connectivity index (χ2v) is 10.8. The molecule has 0 heterocycles. The number of ether oxygens (including phenoxy) is 1. The minimum Gasteiger partial charge on any atom is -0.494 e. The molecule has 4 rings (SSSR count). The van der Waals surface area contributed by atoms with E-state index in [0.717, 1.165) is 9.88 Å². The fourth-order valence-corrected chi connectivity index (χ4v) is 5.76. The molecular formula is C29H29FN4O5S. The van der Waals surface area contributed by atoms with E-state index in [1.807, 2.05) is 6.07 Å². The van der Waals surface area contributed by atoms with Crippen LogP contribution in [0.1, 0.15) is 18.4 Å². The molecule has 0 radical (unpaired) electrons. The van der Waals surface area contributed by atoms with E-state index in [0.29, 0.717) is 16.9 Å². The molecule has 0 bridgehead atoms. The van der Waals surface area contributed by atoms with Gasteiger partial charge in [0.15, 0.2) is 0 Å². The maximum absolute atomic E-state index is 13.9. The Hall–Kier alpha value is -4.51. The van der Waals surface area contributed by atoms with E-state index in [-0.39, 0.29) is 42.3 Å². The second kappa shape index (κ2) is 13.0. The zero-order chi connectivity index (χ0) is 28.5. The van der Waals surface area contributed by atoms with Crippen LogP contribution in [0.4, 0.5) is 26.2 Å². The van der Waals surface area contributed by atoms with Gasteiger partial charge in [0.2, 0.25) is 0 Å². The van der Waals surface area contributed by atoms with Crippen LogP contribution < -0.4 is 19.7 Å².